The molecule has 0 N–H and O–H groups in total. The van der Waals surface area contributed by atoms with Gasteiger partial charge in [-0.3, -0.25) is 14.2 Å². The molecular weight excluding hydrogens is 464 g/mol. The van der Waals surface area contributed by atoms with Gasteiger partial charge in [0.2, 0.25) is 5.91 Å². The maximum absolute atomic E-state index is 12.9. The zero-order chi connectivity index (χ0) is 26.5. The monoisotopic (exact) mass is 500 g/mol. The predicted octanol–water partition coefficient (Wildman–Crippen LogP) is 4.38. The van der Waals surface area contributed by atoms with E-state index in [0.717, 1.165) is 35.1 Å². The lowest BCUT2D eigenvalue weighted by atomic mass is 10.0. The number of aromatic nitrogens is 2. The lowest BCUT2D eigenvalue weighted by molar-refractivity contribution is -0.132. The van der Waals surface area contributed by atoms with E-state index in [-0.39, 0.29) is 11.5 Å². The number of amides is 1. The standard InChI is InChI=1S/C28H30N4O3.C2H6/c1-29(2)18-28(34)31-13-12-25-24(17-31)23-10-9-21(15-26(23)30(25)3)32-14-11-22(16-27(32)33)35-19-20-7-5-4-6-8-20;1-2/h4-11,14-16H,12-13,17-19H2,1-3H3;1-2H3. The van der Waals surface area contributed by atoms with Crippen LogP contribution in [0, 0.1) is 0 Å². The van der Waals surface area contributed by atoms with Crippen molar-refractivity contribution in [3.05, 3.63) is 94.0 Å². The van der Waals surface area contributed by atoms with Crippen LogP contribution in [0.4, 0.5) is 0 Å². The van der Waals surface area contributed by atoms with E-state index in [1.54, 1.807) is 10.8 Å². The Kier molecular flexibility index (Phi) is 8.14. The number of carbonyl (C=O) groups excluding carboxylic acids is 1. The zero-order valence-electron chi connectivity index (χ0n) is 22.4. The highest BCUT2D eigenvalue weighted by molar-refractivity contribution is 5.88. The first-order valence-electron chi connectivity index (χ1n) is 12.8. The van der Waals surface area contributed by atoms with E-state index in [4.69, 9.17) is 4.74 Å². The van der Waals surface area contributed by atoms with Gasteiger partial charge in [-0.25, -0.2) is 0 Å². The van der Waals surface area contributed by atoms with Gasteiger partial charge in [0.1, 0.15) is 12.4 Å². The van der Waals surface area contributed by atoms with Crippen LogP contribution >= 0.6 is 0 Å². The molecule has 1 aliphatic rings. The molecule has 5 rings (SSSR count). The van der Waals surface area contributed by atoms with Crippen LogP contribution in [0.3, 0.4) is 0 Å². The van der Waals surface area contributed by atoms with E-state index >= 15 is 0 Å². The van der Waals surface area contributed by atoms with Crippen molar-refractivity contribution in [2.24, 2.45) is 7.05 Å². The van der Waals surface area contributed by atoms with Crippen molar-refractivity contribution < 1.29 is 9.53 Å². The van der Waals surface area contributed by atoms with E-state index < -0.39 is 0 Å². The Morgan fingerprint density at radius 3 is 2.49 bits per heavy atom. The Morgan fingerprint density at radius 1 is 1.03 bits per heavy atom. The van der Waals surface area contributed by atoms with E-state index in [1.165, 1.54) is 17.3 Å². The fraction of sp³-hybridized carbons (Fsp3) is 0.333. The highest BCUT2D eigenvalue weighted by Crippen LogP contribution is 2.31. The van der Waals surface area contributed by atoms with Crippen molar-refractivity contribution in [1.29, 1.82) is 0 Å². The average Bonchev–Trinajstić information content (AvgIpc) is 3.19. The third-order valence-corrected chi connectivity index (χ3v) is 6.61. The number of hydrogen-bond acceptors (Lipinski definition) is 4. The second-order valence-corrected chi connectivity index (χ2v) is 9.33. The van der Waals surface area contributed by atoms with E-state index in [2.05, 4.69) is 17.7 Å². The summed E-state index contributed by atoms with van der Waals surface area (Å²) in [7, 11) is 5.89. The highest BCUT2D eigenvalue weighted by atomic mass is 16.5. The van der Waals surface area contributed by atoms with Crippen molar-refractivity contribution in [2.45, 2.75) is 33.4 Å². The first-order chi connectivity index (χ1) is 17.9. The van der Waals surface area contributed by atoms with Crippen molar-refractivity contribution in [3.63, 3.8) is 0 Å². The number of carbonyl (C=O) groups is 1. The third-order valence-electron chi connectivity index (χ3n) is 6.61. The predicted molar refractivity (Wildman–Crippen MR) is 148 cm³/mol. The Hall–Kier alpha value is -3.84. The minimum atomic E-state index is -0.144. The van der Waals surface area contributed by atoms with E-state index in [0.29, 0.717) is 25.4 Å². The Labute approximate surface area is 218 Å². The summed E-state index contributed by atoms with van der Waals surface area (Å²) in [5.74, 6) is 0.698. The van der Waals surface area contributed by atoms with Crippen molar-refractivity contribution >= 4 is 16.8 Å². The van der Waals surface area contributed by atoms with Crippen molar-refractivity contribution in [3.8, 4) is 11.4 Å². The fourth-order valence-corrected chi connectivity index (χ4v) is 4.80. The molecule has 2 aromatic carbocycles. The molecule has 0 fully saturated rings. The first kappa shape index (κ1) is 26.2. The molecule has 0 spiro atoms. The Morgan fingerprint density at radius 2 is 1.78 bits per heavy atom. The van der Waals surface area contributed by atoms with Crippen molar-refractivity contribution in [2.75, 3.05) is 27.2 Å². The van der Waals surface area contributed by atoms with E-state index in [1.807, 2.05) is 86.3 Å². The Bertz CT molecular complexity index is 1440. The molecule has 7 nitrogen and oxygen atoms in total. The quantitative estimate of drug-likeness (QED) is 0.394. The normalized spacial score (nSPS) is 12.8. The molecular formula is C30H36N4O3. The minimum absolute atomic E-state index is 0.144. The molecule has 194 valence electrons. The third kappa shape index (κ3) is 5.62. The molecule has 4 aromatic rings. The number of pyridine rings is 1. The molecule has 3 heterocycles. The summed E-state index contributed by atoms with van der Waals surface area (Å²) < 4.78 is 9.64. The van der Waals surface area contributed by atoms with Gasteiger partial charge < -0.3 is 19.1 Å². The van der Waals surface area contributed by atoms with Crippen molar-refractivity contribution in [1.82, 2.24) is 18.9 Å². The summed E-state index contributed by atoms with van der Waals surface area (Å²) in [6.45, 7) is 6.17. The molecule has 1 aliphatic heterocycles. The lowest BCUT2D eigenvalue weighted by Gasteiger charge is -2.29. The van der Waals surface area contributed by atoms with Gasteiger partial charge in [-0.2, -0.15) is 0 Å². The lowest BCUT2D eigenvalue weighted by Crippen LogP contribution is -2.41. The minimum Gasteiger partial charge on any atom is -0.489 e. The summed E-state index contributed by atoms with van der Waals surface area (Å²) in [4.78, 5) is 29.4. The van der Waals surface area contributed by atoms with Crippen LogP contribution in [0.2, 0.25) is 0 Å². The molecule has 0 saturated heterocycles. The van der Waals surface area contributed by atoms with Crippen LogP contribution in [-0.2, 0) is 31.4 Å². The molecule has 0 bridgehead atoms. The first-order valence-corrected chi connectivity index (χ1v) is 12.8. The number of fused-ring (bicyclic) bond motifs is 3. The molecule has 0 unspecified atom stereocenters. The van der Waals surface area contributed by atoms with Crippen LogP contribution in [0.25, 0.3) is 16.6 Å². The van der Waals surface area contributed by atoms with Gasteiger partial charge in [0.25, 0.3) is 5.56 Å². The molecule has 0 saturated carbocycles. The zero-order valence-corrected chi connectivity index (χ0v) is 22.4. The SMILES string of the molecule is CC.CN(C)CC(=O)N1CCc2c(c3ccc(-n4ccc(OCc5ccccc5)cc4=O)cc3n2C)C1. The largest absolute Gasteiger partial charge is 0.489 e. The summed E-state index contributed by atoms with van der Waals surface area (Å²) in [5, 5.41) is 1.13. The summed E-state index contributed by atoms with van der Waals surface area (Å²) in [5.41, 5.74) is 5.22. The number of nitrogens with zero attached hydrogens (tertiary/aromatic N) is 4. The smallest absolute Gasteiger partial charge is 0.258 e. The number of aryl methyl sites for hydroxylation is 1. The fourth-order valence-electron chi connectivity index (χ4n) is 4.80. The number of rotatable bonds is 6. The molecule has 0 radical (unpaired) electrons. The molecule has 0 aliphatic carbocycles. The number of benzene rings is 2. The van der Waals surface area contributed by atoms with Gasteiger partial charge in [0.05, 0.1) is 17.7 Å². The second kappa shape index (κ2) is 11.5. The van der Waals surface area contributed by atoms with Crippen LogP contribution in [0.15, 0.2) is 71.7 Å². The molecule has 7 heteroatoms. The molecule has 2 aromatic heterocycles. The second-order valence-electron chi connectivity index (χ2n) is 9.33. The van der Waals surface area contributed by atoms with Gasteiger partial charge in [0, 0.05) is 55.5 Å². The maximum Gasteiger partial charge on any atom is 0.258 e. The summed E-state index contributed by atoms with van der Waals surface area (Å²) >= 11 is 0. The topological polar surface area (TPSA) is 59.7 Å². The molecule has 0 atom stereocenters. The highest BCUT2D eigenvalue weighted by Gasteiger charge is 2.26. The number of hydrogen-bond donors (Lipinski definition) is 0. The van der Waals surface area contributed by atoms with Gasteiger partial charge >= 0.3 is 0 Å². The maximum atomic E-state index is 12.9. The van der Waals surface area contributed by atoms with Crippen LogP contribution in [0.1, 0.15) is 30.7 Å². The Balaban J connectivity index is 0.00000156. The molecule has 37 heavy (non-hydrogen) atoms. The van der Waals surface area contributed by atoms with Crippen LogP contribution in [-0.4, -0.2) is 52.0 Å². The van der Waals surface area contributed by atoms with Crippen LogP contribution in [0.5, 0.6) is 5.75 Å². The number of ether oxygens (including phenoxy) is 1. The van der Waals surface area contributed by atoms with Gasteiger partial charge in [0.15, 0.2) is 0 Å². The van der Waals surface area contributed by atoms with Gasteiger partial charge in [-0.05, 0) is 37.9 Å². The van der Waals surface area contributed by atoms with Crippen LogP contribution < -0.4 is 10.3 Å². The van der Waals surface area contributed by atoms with E-state index in [9.17, 15) is 9.59 Å². The average molecular weight is 501 g/mol. The molecule has 1 amide bonds. The summed E-state index contributed by atoms with van der Waals surface area (Å²) in [6.07, 6.45) is 2.58. The number of likely N-dealkylation sites (N-methyl/N-ethyl adjacent to an activating group) is 1. The van der Waals surface area contributed by atoms with Gasteiger partial charge in [-0.15, -0.1) is 0 Å². The summed E-state index contributed by atoms with van der Waals surface area (Å²) in [6, 6.07) is 19.3. The van der Waals surface area contributed by atoms with Gasteiger partial charge in [-0.1, -0.05) is 50.2 Å².